The molecule has 4 heterocycles. The van der Waals surface area contributed by atoms with E-state index in [0.717, 1.165) is 24.5 Å². The number of ether oxygens (including phenoxy) is 2. The molecule has 2 fully saturated rings. The Morgan fingerprint density at radius 3 is 3.00 bits per heavy atom. The first-order valence-electron chi connectivity index (χ1n) is 9.84. The number of hydrogen-bond donors (Lipinski definition) is 1. The van der Waals surface area contributed by atoms with Gasteiger partial charge >= 0.3 is 0 Å². The van der Waals surface area contributed by atoms with E-state index in [2.05, 4.69) is 20.2 Å². The van der Waals surface area contributed by atoms with E-state index < -0.39 is 5.60 Å². The maximum atomic E-state index is 13.2. The summed E-state index contributed by atoms with van der Waals surface area (Å²) in [5.41, 5.74) is 2.04. The number of aryl methyl sites for hydroxylation is 2. The molecule has 1 spiro atoms. The van der Waals surface area contributed by atoms with Crippen molar-refractivity contribution in [3.63, 3.8) is 0 Å². The van der Waals surface area contributed by atoms with Gasteiger partial charge in [0.1, 0.15) is 11.3 Å². The number of H-pyrrole nitrogens is 1. The zero-order chi connectivity index (χ0) is 19.6. The van der Waals surface area contributed by atoms with Gasteiger partial charge in [0, 0.05) is 44.6 Å². The third-order valence-corrected chi connectivity index (χ3v) is 5.34. The van der Waals surface area contributed by atoms with E-state index in [1.165, 1.54) is 0 Å². The van der Waals surface area contributed by atoms with Crippen molar-refractivity contribution >= 4 is 5.91 Å². The Labute approximate surface area is 164 Å². The SMILES string of the molecule is CCn1nc(C)cc1C(=O)N1CCOC2(COCCN(Cc3ccn[nH]3)C2)C1. The molecule has 0 bridgehead atoms. The Kier molecular flexibility index (Phi) is 5.47. The summed E-state index contributed by atoms with van der Waals surface area (Å²) in [5.74, 6) is 0.00879. The van der Waals surface area contributed by atoms with Gasteiger partial charge in [0.05, 0.1) is 32.1 Å². The van der Waals surface area contributed by atoms with Gasteiger partial charge in [0.2, 0.25) is 0 Å². The number of nitrogens with one attached hydrogen (secondary N) is 1. The normalized spacial score (nSPS) is 23.9. The molecule has 28 heavy (non-hydrogen) atoms. The van der Waals surface area contributed by atoms with E-state index >= 15 is 0 Å². The molecule has 0 saturated carbocycles. The lowest BCUT2D eigenvalue weighted by Crippen LogP contribution is -2.59. The smallest absolute Gasteiger partial charge is 0.272 e. The van der Waals surface area contributed by atoms with Gasteiger partial charge in [0.15, 0.2) is 0 Å². The largest absolute Gasteiger partial charge is 0.377 e. The molecule has 4 rings (SSSR count). The lowest BCUT2D eigenvalue weighted by molar-refractivity contribution is -0.133. The van der Waals surface area contributed by atoms with Crippen LogP contribution in [0.4, 0.5) is 0 Å². The van der Waals surface area contributed by atoms with Crippen LogP contribution in [0.5, 0.6) is 0 Å². The van der Waals surface area contributed by atoms with Gasteiger partial charge in [-0.05, 0) is 26.0 Å². The van der Waals surface area contributed by atoms with Crippen molar-refractivity contribution in [3.8, 4) is 0 Å². The summed E-state index contributed by atoms with van der Waals surface area (Å²) in [7, 11) is 0. The van der Waals surface area contributed by atoms with Crippen LogP contribution in [0.25, 0.3) is 0 Å². The van der Waals surface area contributed by atoms with E-state index in [-0.39, 0.29) is 5.91 Å². The maximum Gasteiger partial charge on any atom is 0.272 e. The summed E-state index contributed by atoms with van der Waals surface area (Å²) in [6.45, 7) is 9.60. The van der Waals surface area contributed by atoms with E-state index in [9.17, 15) is 4.79 Å². The quantitative estimate of drug-likeness (QED) is 0.829. The number of aromatic nitrogens is 4. The van der Waals surface area contributed by atoms with Crippen molar-refractivity contribution in [1.82, 2.24) is 29.8 Å². The summed E-state index contributed by atoms with van der Waals surface area (Å²) in [5, 5.41) is 11.5. The molecule has 1 N–H and O–H groups in total. The number of nitrogens with zero attached hydrogens (tertiary/aromatic N) is 5. The predicted octanol–water partition coefficient (Wildman–Crippen LogP) is 0.678. The fourth-order valence-corrected chi connectivity index (χ4v) is 4.05. The number of morpholine rings is 1. The first-order chi connectivity index (χ1) is 13.6. The second kappa shape index (κ2) is 8.02. The molecule has 0 aliphatic carbocycles. The van der Waals surface area contributed by atoms with E-state index in [1.54, 1.807) is 10.9 Å². The number of rotatable bonds is 4. The minimum Gasteiger partial charge on any atom is -0.377 e. The molecule has 0 radical (unpaired) electrons. The first-order valence-corrected chi connectivity index (χ1v) is 9.84. The Morgan fingerprint density at radius 1 is 1.32 bits per heavy atom. The zero-order valence-electron chi connectivity index (χ0n) is 16.6. The van der Waals surface area contributed by atoms with Gasteiger partial charge in [-0.2, -0.15) is 10.2 Å². The molecule has 2 aromatic heterocycles. The third kappa shape index (κ3) is 3.96. The van der Waals surface area contributed by atoms with Crippen LogP contribution in [0, 0.1) is 6.92 Å². The predicted molar refractivity (Wildman–Crippen MR) is 102 cm³/mol. The lowest BCUT2D eigenvalue weighted by Gasteiger charge is -2.43. The first kappa shape index (κ1) is 19.1. The summed E-state index contributed by atoms with van der Waals surface area (Å²) in [6.07, 6.45) is 1.76. The van der Waals surface area contributed by atoms with Gasteiger partial charge in [-0.15, -0.1) is 0 Å². The standard InChI is InChI=1S/C19H28N6O3/c1-3-25-17(10-15(2)22-25)18(26)24-7-9-28-19(13-24)12-23(6-8-27-14-19)11-16-4-5-20-21-16/h4-5,10H,3,6-9,11-14H2,1-2H3,(H,20,21). The van der Waals surface area contributed by atoms with Crippen LogP contribution in [0.3, 0.4) is 0 Å². The molecule has 2 saturated heterocycles. The highest BCUT2D eigenvalue weighted by Crippen LogP contribution is 2.25. The number of aromatic amines is 1. The number of amides is 1. The topological polar surface area (TPSA) is 88.5 Å². The Bertz CT molecular complexity index is 805. The summed E-state index contributed by atoms with van der Waals surface area (Å²) < 4.78 is 13.8. The number of carbonyl (C=O) groups excluding carboxylic acids is 1. The molecule has 2 aromatic rings. The number of hydrogen-bond acceptors (Lipinski definition) is 6. The average molecular weight is 388 g/mol. The molecular formula is C19H28N6O3. The second-order valence-electron chi connectivity index (χ2n) is 7.59. The van der Waals surface area contributed by atoms with Gasteiger partial charge in [-0.1, -0.05) is 0 Å². The summed E-state index contributed by atoms with van der Waals surface area (Å²) in [4.78, 5) is 17.4. The fourth-order valence-electron chi connectivity index (χ4n) is 4.05. The van der Waals surface area contributed by atoms with Crippen LogP contribution in [0.15, 0.2) is 18.3 Å². The van der Waals surface area contributed by atoms with E-state index in [1.807, 2.05) is 30.9 Å². The highest BCUT2D eigenvalue weighted by atomic mass is 16.5. The van der Waals surface area contributed by atoms with Gasteiger partial charge < -0.3 is 14.4 Å². The van der Waals surface area contributed by atoms with Crippen molar-refractivity contribution in [1.29, 1.82) is 0 Å². The Balaban J connectivity index is 1.50. The Morgan fingerprint density at radius 2 is 2.21 bits per heavy atom. The van der Waals surface area contributed by atoms with Crippen LogP contribution in [-0.2, 0) is 22.6 Å². The summed E-state index contributed by atoms with van der Waals surface area (Å²) >= 11 is 0. The molecule has 152 valence electrons. The summed E-state index contributed by atoms with van der Waals surface area (Å²) in [6, 6.07) is 3.84. The molecule has 2 aliphatic rings. The van der Waals surface area contributed by atoms with Crippen molar-refractivity contribution in [2.45, 2.75) is 32.5 Å². The minimum atomic E-state index is -0.517. The monoisotopic (exact) mass is 388 g/mol. The molecular weight excluding hydrogens is 360 g/mol. The van der Waals surface area contributed by atoms with Crippen LogP contribution < -0.4 is 0 Å². The van der Waals surface area contributed by atoms with Crippen molar-refractivity contribution in [2.24, 2.45) is 0 Å². The van der Waals surface area contributed by atoms with E-state index in [4.69, 9.17) is 9.47 Å². The molecule has 1 unspecified atom stereocenters. The zero-order valence-corrected chi connectivity index (χ0v) is 16.6. The molecule has 2 aliphatic heterocycles. The molecule has 1 atom stereocenters. The molecule has 9 heteroatoms. The van der Waals surface area contributed by atoms with Gasteiger partial charge in [-0.25, -0.2) is 0 Å². The van der Waals surface area contributed by atoms with Gasteiger partial charge in [-0.3, -0.25) is 19.5 Å². The minimum absolute atomic E-state index is 0.00879. The van der Waals surface area contributed by atoms with E-state index in [0.29, 0.717) is 51.7 Å². The molecule has 1 amide bonds. The van der Waals surface area contributed by atoms with Crippen molar-refractivity contribution < 1.29 is 14.3 Å². The second-order valence-corrected chi connectivity index (χ2v) is 7.59. The van der Waals surface area contributed by atoms with Crippen molar-refractivity contribution in [3.05, 3.63) is 35.4 Å². The third-order valence-electron chi connectivity index (χ3n) is 5.34. The van der Waals surface area contributed by atoms with Crippen LogP contribution in [0.1, 0.15) is 28.8 Å². The highest BCUT2D eigenvalue weighted by molar-refractivity contribution is 5.92. The molecule has 0 aromatic carbocycles. The van der Waals surface area contributed by atoms with Crippen LogP contribution >= 0.6 is 0 Å². The maximum absolute atomic E-state index is 13.2. The fraction of sp³-hybridized carbons (Fsp3) is 0.632. The van der Waals surface area contributed by atoms with Gasteiger partial charge in [0.25, 0.3) is 5.91 Å². The van der Waals surface area contributed by atoms with Crippen LogP contribution in [-0.4, -0.2) is 87.3 Å². The van der Waals surface area contributed by atoms with Crippen molar-refractivity contribution in [2.75, 3.05) is 46.0 Å². The average Bonchev–Trinajstić information content (AvgIpc) is 3.29. The number of carbonyl (C=O) groups is 1. The van der Waals surface area contributed by atoms with Crippen LogP contribution in [0.2, 0.25) is 0 Å². The Hall–Kier alpha value is -2.23. The molecule has 9 nitrogen and oxygen atoms in total. The lowest BCUT2D eigenvalue weighted by atomic mass is 10.0. The highest BCUT2D eigenvalue weighted by Gasteiger charge is 2.42.